The van der Waals surface area contributed by atoms with Crippen molar-refractivity contribution in [2.45, 2.75) is 45.8 Å². The Morgan fingerprint density at radius 1 is 1.21 bits per heavy atom. The Labute approximate surface area is 114 Å². The van der Waals surface area contributed by atoms with Crippen LogP contribution in [0.25, 0.3) is 0 Å². The van der Waals surface area contributed by atoms with Gasteiger partial charge in [-0.2, -0.15) is 0 Å². The van der Waals surface area contributed by atoms with Gasteiger partial charge in [-0.1, -0.05) is 0 Å². The van der Waals surface area contributed by atoms with Gasteiger partial charge < -0.3 is 9.88 Å². The predicted octanol–water partition coefficient (Wildman–Crippen LogP) is 2.78. The van der Waals surface area contributed by atoms with Crippen LogP contribution in [0.5, 0.6) is 0 Å². The number of aromatic nitrogens is 3. The lowest BCUT2D eigenvalue weighted by Crippen LogP contribution is -2.35. The van der Waals surface area contributed by atoms with Crippen molar-refractivity contribution < 1.29 is 0 Å². The largest absolute Gasteiger partial charge is 0.326 e. The summed E-state index contributed by atoms with van der Waals surface area (Å²) in [5, 5.41) is 3.50. The summed E-state index contributed by atoms with van der Waals surface area (Å²) in [5.41, 5.74) is 2.54. The summed E-state index contributed by atoms with van der Waals surface area (Å²) < 4.78 is 2.20. The minimum Gasteiger partial charge on any atom is -0.326 e. The first kappa shape index (κ1) is 13.7. The summed E-state index contributed by atoms with van der Waals surface area (Å²) >= 11 is 0. The zero-order valence-corrected chi connectivity index (χ0v) is 12.1. The quantitative estimate of drug-likeness (QED) is 0.917. The number of hydrogen-bond acceptors (Lipinski definition) is 3. The molecular weight excluding hydrogens is 236 g/mol. The third-order valence-electron chi connectivity index (χ3n) is 3.15. The van der Waals surface area contributed by atoms with Crippen LogP contribution in [0.3, 0.4) is 0 Å². The van der Waals surface area contributed by atoms with E-state index < -0.39 is 0 Å². The highest BCUT2D eigenvalue weighted by molar-refractivity contribution is 5.17. The normalized spacial score (nSPS) is 13.5. The van der Waals surface area contributed by atoms with Gasteiger partial charge in [-0.05, 0) is 45.4 Å². The summed E-state index contributed by atoms with van der Waals surface area (Å²) in [7, 11) is 0. The molecule has 0 aliphatic carbocycles. The molecular formula is C15H22N4. The monoisotopic (exact) mass is 258 g/mol. The maximum Gasteiger partial charge on any atom is 0.0954 e. The molecule has 19 heavy (non-hydrogen) atoms. The first-order chi connectivity index (χ1) is 8.97. The summed E-state index contributed by atoms with van der Waals surface area (Å²) in [6.07, 6.45) is 7.48. The molecule has 1 atom stereocenters. The first-order valence-corrected chi connectivity index (χ1v) is 6.63. The highest BCUT2D eigenvalue weighted by atomic mass is 15.1. The molecule has 0 amide bonds. The second-order valence-corrected chi connectivity index (χ2v) is 5.85. The van der Waals surface area contributed by atoms with Crippen LogP contribution in [0.15, 0.2) is 37.1 Å². The molecule has 2 aromatic rings. The van der Waals surface area contributed by atoms with Gasteiger partial charge in [0.15, 0.2) is 0 Å². The molecule has 1 unspecified atom stereocenters. The highest BCUT2D eigenvalue weighted by Crippen LogP contribution is 2.19. The molecule has 102 valence electrons. The second-order valence-electron chi connectivity index (χ2n) is 5.85. The molecule has 0 spiro atoms. The van der Waals surface area contributed by atoms with Gasteiger partial charge in [0.05, 0.1) is 18.1 Å². The smallest absolute Gasteiger partial charge is 0.0954 e. The van der Waals surface area contributed by atoms with E-state index in [0.717, 1.165) is 6.54 Å². The van der Waals surface area contributed by atoms with Crippen molar-refractivity contribution in [2.24, 2.45) is 0 Å². The molecule has 0 fully saturated rings. The number of nitrogens with zero attached hydrogens (tertiary/aromatic N) is 3. The van der Waals surface area contributed by atoms with Crippen LogP contribution in [0, 0.1) is 0 Å². The number of imidazole rings is 1. The van der Waals surface area contributed by atoms with E-state index >= 15 is 0 Å². The molecule has 0 aliphatic rings. The lowest BCUT2D eigenvalue weighted by molar-refractivity contribution is 0.413. The SMILES string of the molecule is CC(c1ccncc1)n1cncc1CNC(C)(C)C. The van der Waals surface area contributed by atoms with Crippen LogP contribution in [0.1, 0.15) is 45.0 Å². The van der Waals surface area contributed by atoms with E-state index in [0.29, 0.717) is 0 Å². The summed E-state index contributed by atoms with van der Waals surface area (Å²) in [6.45, 7) is 9.50. The number of nitrogens with one attached hydrogen (secondary N) is 1. The van der Waals surface area contributed by atoms with Crippen LogP contribution in [-0.4, -0.2) is 20.1 Å². The summed E-state index contributed by atoms with van der Waals surface area (Å²) in [4.78, 5) is 8.34. The Morgan fingerprint density at radius 3 is 2.53 bits per heavy atom. The first-order valence-electron chi connectivity index (χ1n) is 6.63. The fourth-order valence-corrected chi connectivity index (χ4v) is 1.98. The van der Waals surface area contributed by atoms with E-state index in [1.165, 1.54) is 11.3 Å². The van der Waals surface area contributed by atoms with Crippen LogP contribution in [0.4, 0.5) is 0 Å². The van der Waals surface area contributed by atoms with Crippen LogP contribution >= 0.6 is 0 Å². The molecule has 0 aliphatic heterocycles. The summed E-state index contributed by atoms with van der Waals surface area (Å²) in [5.74, 6) is 0. The molecule has 0 saturated heterocycles. The molecule has 2 heterocycles. The van der Waals surface area contributed by atoms with Gasteiger partial charge in [0.1, 0.15) is 0 Å². The molecule has 0 bridgehead atoms. The average Bonchev–Trinajstić information content (AvgIpc) is 2.84. The fourth-order valence-electron chi connectivity index (χ4n) is 1.98. The zero-order valence-electron chi connectivity index (χ0n) is 12.1. The van der Waals surface area contributed by atoms with E-state index in [1.54, 1.807) is 0 Å². The maximum absolute atomic E-state index is 4.28. The van der Waals surface area contributed by atoms with Crippen molar-refractivity contribution in [2.75, 3.05) is 0 Å². The van der Waals surface area contributed by atoms with Gasteiger partial charge in [-0.25, -0.2) is 4.98 Å². The van der Waals surface area contributed by atoms with E-state index in [2.05, 4.69) is 47.5 Å². The Balaban J connectivity index is 2.15. The standard InChI is InChI=1S/C15H22N4/c1-12(13-5-7-16-8-6-13)19-11-17-9-14(19)10-18-15(2,3)4/h5-9,11-12,18H,10H2,1-4H3. The van der Waals surface area contributed by atoms with Crippen LogP contribution in [-0.2, 0) is 6.54 Å². The lowest BCUT2D eigenvalue weighted by Gasteiger charge is -2.22. The number of pyridine rings is 1. The lowest BCUT2D eigenvalue weighted by atomic mass is 10.1. The van der Waals surface area contributed by atoms with Crippen molar-refractivity contribution in [3.8, 4) is 0 Å². The van der Waals surface area contributed by atoms with Gasteiger partial charge in [-0.3, -0.25) is 4.98 Å². The van der Waals surface area contributed by atoms with Crippen molar-refractivity contribution >= 4 is 0 Å². The van der Waals surface area contributed by atoms with Crippen LogP contribution < -0.4 is 5.32 Å². The molecule has 0 saturated carbocycles. The Bertz CT molecular complexity index is 510. The van der Waals surface area contributed by atoms with Crippen molar-refractivity contribution in [1.29, 1.82) is 0 Å². The van der Waals surface area contributed by atoms with Crippen molar-refractivity contribution in [1.82, 2.24) is 19.9 Å². The number of hydrogen-bond donors (Lipinski definition) is 1. The predicted molar refractivity (Wildman–Crippen MR) is 76.9 cm³/mol. The maximum atomic E-state index is 4.28. The average molecular weight is 258 g/mol. The molecule has 0 aromatic carbocycles. The van der Waals surface area contributed by atoms with Gasteiger partial charge in [-0.15, -0.1) is 0 Å². The Hall–Kier alpha value is -1.68. The topological polar surface area (TPSA) is 42.7 Å². The van der Waals surface area contributed by atoms with Crippen molar-refractivity contribution in [3.05, 3.63) is 48.3 Å². The van der Waals surface area contributed by atoms with E-state index in [9.17, 15) is 0 Å². The van der Waals surface area contributed by atoms with Gasteiger partial charge in [0.25, 0.3) is 0 Å². The molecule has 2 aromatic heterocycles. The third kappa shape index (κ3) is 3.64. The second kappa shape index (κ2) is 5.53. The Morgan fingerprint density at radius 2 is 1.89 bits per heavy atom. The minimum atomic E-state index is 0.106. The van der Waals surface area contributed by atoms with Gasteiger partial charge in [0.2, 0.25) is 0 Å². The Kier molecular flexibility index (Phi) is 4.00. The summed E-state index contributed by atoms with van der Waals surface area (Å²) in [6, 6.07) is 4.36. The van der Waals surface area contributed by atoms with E-state index in [4.69, 9.17) is 0 Å². The highest BCUT2D eigenvalue weighted by Gasteiger charge is 2.14. The molecule has 4 heteroatoms. The zero-order chi connectivity index (χ0) is 13.9. The van der Waals surface area contributed by atoms with E-state index in [-0.39, 0.29) is 11.6 Å². The fraction of sp³-hybridized carbons (Fsp3) is 0.467. The van der Waals surface area contributed by atoms with Crippen molar-refractivity contribution in [3.63, 3.8) is 0 Å². The minimum absolute atomic E-state index is 0.106. The molecule has 4 nitrogen and oxygen atoms in total. The number of rotatable bonds is 4. The van der Waals surface area contributed by atoms with E-state index in [1.807, 2.05) is 37.1 Å². The van der Waals surface area contributed by atoms with Gasteiger partial charge in [0, 0.05) is 30.7 Å². The molecule has 0 radical (unpaired) electrons. The third-order valence-corrected chi connectivity index (χ3v) is 3.15. The van der Waals surface area contributed by atoms with Crippen LogP contribution in [0.2, 0.25) is 0 Å². The van der Waals surface area contributed by atoms with Gasteiger partial charge >= 0.3 is 0 Å². The molecule has 1 N–H and O–H groups in total. The molecule has 2 rings (SSSR count).